The predicted octanol–water partition coefficient (Wildman–Crippen LogP) is 2.30. The van der Waals surface area contributed by atoms with Gasteiger partial charge in [0.05, 0.1) is 7.11 Å². The zero-order valence-corrected chi connectivity index (χ0v) is 11.1. The van der Waals surface area contributed by atoms with Gasteiger partial charge in [-0.1, -0.05) is 24.3 Å². The first-order valence-electron chi connectivity index (χ1n) is 6.15. The molecule has 2 aromatic carbocycles. The Morgan fingerprint density at radius 3 is 2.65 bits per heavy atom. The molecule has 20 heavy (non-hydrogen) atoms. The van der Waals surface area contributed by atoms with Gasteiger partial charge in [0.15, 0.2) is 0 Å². The lowest BCUT2D eigenvalue weighted by Gasteiger charge is -2.10. The maximum absolute atomic E-state index is 11.5. The second-order valence-corrected chi connectivity index (χ2v) is 4.19. The highest BCUT2D eigenvalue weighted by Gasteiger charge is 2.11. The Morgan fingerprint density at radius 2 is 1.95 bits per heavy atom. The Bertz CT molecular complexity index is 585. The van der Waals surface area contributed by atoms with Crippen molar-refractivity contribution < 1.29 is 14.6 Å². The minimum absolute atomic E-state index is 0.0865. The highest BCUT2D eigenvalue weighted by atomic mass is 16.5. The molecule has 0 spiro atoms. The smallest absolute Gasteiger partial charge is 0.341 e. The molecule has 0 amide bonds. The Balaban J connectivity index is 1.98. The number of esters is 1. The number of hydrazine groups is 1. The van der Waals surface area contributed by atoms with Crippen LogP contribution in [0.1, 0.15) is 15.9 Å². The van der Waals surface area contributed by atoms with Gasteiger partial charge in [0.1, 0.15) is 11.3 Å². The number of carbonyl (C=O) groups is 1. The highest BCUT2D eigenvalue weighted by molar-refractivity contribution is 5.92. The van der Waals surface area contributed by atoms with Crippen LogP contribution in [0.4, 0.5) is 5.69 Å². The summed E-state index contributed by atoms with van der Waals surface area (Å²) in [7, 11) is 1.28. The third-order valence-electron chi connectivity index (χ3n) is 2.77. The van der Waals surface area contributed by atoms with E-state index < -0.39 is 5.97 Å². The van der Waals surface area contributed by atoms with Crippen LogP contribution in [0.5, 0.6) is 5.75 Å². The van der Waals surface area contributed by atoms with Crippen molar-refractivity contribution in [3.63, 3.8) is 0 Å². The number of methoxy groups -OCH3 is 1. The number of rotatable bonds is 5. The minimum atomic E-state index is -0.555. The van der Waals surface area contributed by atoms with Crippen molar-refractivity contribution in [2.24, 2.45) is 0 Å². The normalized spacial score (nSPS) is 10.1. The number of anilines is 1. The molecule has 3 N–H and O–H groups in total. The predicted molar refractivity (Wildman–Crippen MR) is 76.4 cm³/mol. The number of benzene rings is 2. The summed E-state index contributed by atoms with van der Waals surface area (Å²) in [5, 5.41) is 9.60. The fraction of sp³-hybridized carbons (Fsp3) is 0.133. The molecule has 0 aliphatic carbocycles. The van der Waals surface area contributed by atoms with Gasteiger partial charge in [0, 0.05) is 12.2 Å². The second kappa shape index (κ2) is 6.58. The SMILES string of the molecule is COC(=O)c1cc(CNNc2ccccc2)ccc1O. The first-order chi connectivity index (χ1) is 9.70. The molecule has 0 radical (unpaired) electrons. The van der Waals surface area contributed by atoms with Crippen molar-refractivity contribution in [2.75, 3.05) is 12.5 Å². The minimum Gasteiger partial charge on any atom is -0.507 e. The van der Waals surface area contributed by atoms with E-state index in [1.54, 1.807) is 12.1 Å². The molecule has 0 saturated heterocycles. The molecule has 0 unspecified atom stereocenters. The van der Waals surface area contributed by atoms with Crippen molar-refractivity contribution in [2.45, 2.75) is 6.54 Å². The van der Waals surface area contributed by atoms with E-state index in [1.807, 2.05) is 30.3 Å². The van der Waals surface area contributed by atoms with Gasteiger partial charge in [-0.15, -0.1) is 0 Å². The van der Waals surface area contributed by atoms with Crippen LogP contribution in [0.25, 0.3) is 0 Å². The number of carbonyl (C=O) groups excluding carboxylic acids is 1. The molecule has 0 aromatic heterocycles. The van der Waals surface area contributed by atoms with Crippen molar-refractivity contribution in [1.29, 1.82) is 0 Å². The average molecular weight is 272 g/mol. The summed E-state index contributed by atoms with van der Waals surface area (Å²) in [6.45, 7) is 0.499. The largest absolute Gasteiger partial charge is 0.507 e. The van der Waals surface area contributed by atoms with Crippen LogP contribution < -0.4 is 10.9 Å². The molecule has 2 rings (SSSR count). The van der Waals surface area contributed by atoms with Gasteiger partial charge in [-0.2, -0.15) is 0 Å². The van der Waals surface area contributed by atoms with Crippen LogP contribution in [0.2, 0.25) is 0 Å². The number of ether oxygens (including phenoxy) is 1. The fourth-order valence-electron chi connectivity index (χ4n) is 1.74. The number of nitrogens with one attached hydrogen (secondary N) is 2. The van der Waals surface area contributed by atoms with Crippen molar-refractivity contribution in [3.05, 3.63) is 59.7 Å². The van der Waals surface area contributed by atoms with E-state index in [1.165, 1.54) is 13.2 Å². The average Bonchev–Trinajstić information content (AvgIpc) is 2.49. The second-order valence-electron chi connectivity index (χ2n) is 4.19. The summed E-state index contributed by atoms with van der Waals surface area (Å²) in [5.41, 5.74) is 8.04. The molecule has 104 valence electrons. The summed E-state index contributed by atoms with van der Waals surface area (Å²) < 4.78 is 4.61. The number of phenolic OH excluding ortho intramolecular Hbond substituents is 1. The maximum atomic E-state index is 11.5. The number of phenols is 1. The van der Waals surface area contributed by atoms with E-state index in [4.69, 9.17) is 0 Å². The van der Waals surface area contributed by atoms with Gasteiger partial charge >= 0.3 is 5.97 Å². The number of hydrogen-bond acceptors (Lipinski definition) is 5. The zero-order valence-electron chi connectivity index (χ0n) is 11.1. The Labute approximate surface area is 117 Å². The van der Waals surface area contributed by atoms with E-state index in [-0.39, 0.29) is 11.3 Å². The first-order valence-corrected chi connectivity index (χ1v) is 6.15. The molecule has 2 aromatic rings. The number of para-hydroxylation sites is 1. The Kier molecular flexibility index (Phi) is 4.57. The molecule has 0 heterocycles. The third kappa shape index (κ3) is 3.49. The van der Waals surface area contributed by atoms with Gasteiger partial charge in [0.2, 0.25) is 0 Å². The van der Waals surface area contributed by atoms with Crippen LogP contribution in [-0.4, -0.2) is 18.2 Å². The molecule has 0 fully saturated rings. The summed E-state index contributed by atoms with van der Waals surface area (Å²) in [6, 6.07) is 14.5. The lowest BCUT2D eigenvalue weighted by molar-refractivity contribution is 0.0597. The van der Waals surface area contributed by atoms with Crippen molar-refractivity contribution in [1.82, 2.24) is 5.43 Å². The quantitative estimate of drug-likeness (QED) is 0.575. The standard InChI is InChI=1S/C15H16N2O3/c1-20-15(19)13-9-11(7-8-14(13)18)10-16-17-12-5-3-2-4-6-12/h2-9,16-18H,10H2,1H3. The number of aromatic hydroxyl groups is 1. The molecule has 5 nitrogen and oxygen atoms in total. The molecule has 0 atom stereocenters. The van der Waals surface area contributed by atoms with Gasteiger partial charge < -0.3 is 15.3 Å². The van der Waals surface area contributed by atoms with E-state index in [0.29, 0.717) is 6.54 Å². The molecular formula is C15H16N2O3. The number of hydrogen-bond donors (Lipinski definition) is 3. The van der Waals surface area contributed by atoms with Gasteiger partial charge in [-0.25, -0.2) is 10.2 Å². The molecule has 5 heteroatoms. The van der Waals surface area contributed by atoms with Crippen molar-refractivity contribution in [3.8, 4) is 5.75 Å². The highest BCUT2D eigenvalue weighted by Crippen LogP contribution is 2.19. The van der Waals surface area contributed by atoms with Crippen LogP contribution in [0, 0.1) is 0 Å². The fourth-order valence-corrected chi connectivity index (χ4v) is 1.74. The van der Waals surface area contributed by atoms with Gasteiger partial charge in [-0.3, -0.25) is 0 Å². The molecule has 0 aliphatic heterocycles. The van der Waals surface area contributed by atoms with Crippen LogP contribution in [-0.2, 0) is 11.3 Å². The summed E-state index contributed by atoms with van der Waals surface area (Å²) in [4.78, 5) is 11.5. The van der Waals surface area contributed by atoms with E-state index in [0.717, 1.165) is 11.3 Å². The molecular weight excluding hydrogens is 256 g/mol. The summed E-state index contributed by atoms with van der Waals surface area (Å²) in [5.74, 6) is -0.642. The Hall–Kier alpha value is -2.53. The van der Waals surface area contributed by atoms with Crippen LogP contribution in [0.15, 0.2) is 48.5 Å². The van der Waals surface area contributed by atoms with E-state index in [2.05, 4.69) is 15.6 Å². The van der Waals surface area contributed by atoms with Gasteiger partial charge in [-0.05, 0) is 29.8 Å². The molecule has 0 saturated carbocycles. The van der Waals surface area contributed by atoms with Crippen molar-refractivity contribution >= 4 is 11.7 Å². The zero-order chi connectivity index (χ0) is 14.4. The van der Waals surface area contributed by atoms with E-state index in [9.17, 15) is 9.90 Å². The lowest BCUT2D eigenvalue weighted by atomic mass is 10.1. The lowest BCUT2D eigenvalue weighted by Crippen LogP contribution is -2.21. The van der Waals surface area contributed by atoms with Gasteiger partial charge in [0.25, 0.3) is 0 Å². The first kappa shape index (κ1) is 13.9. The Morgan fingerprint density at radius 1 is 1.20 bits per heavy atom. The van der Waals surface area contributed by atoms with Crippen LogP contribution >= 0.6 is 0 Å². The molecule has 0 aliphatic rings. The summed E-state index contributed by atoms with van der Waals surface area (Å²) in [6.07, 6.45) is 0. The molecule has 0 bridgehead atoms. The van der Waals surface area contributed by atoms with Crippen LogP contribution in [0.3, 0.4) is 0 Å². The summed E-state index contributed by atoms with van der Waals surface area (Å²) >= 11 is 0. The topological polar surface area (TPSA) is 70.6 Å². The van der Waals surface area contributed by atoms with E-state index >= 15 is 0 Å². The monoisotopic (exact) mass is 272 g/mol. The third-order valence-corrected chi connectivity index (χ3v) is 2.77. The maximum Gasteiger partial charge on any atom is 0.341 e.